The Morgan fingerprint density at radius 2 is 1.45 bits per heavy atom. The molecule has 0 unspecified atom stereocenters. The van der Waals surface area contributed by atoms with E-state index in [4.69, 9.17) is 23.2 Å². The van der Waals surface area contributed by atoms with Crippen LogP contribution in [-0.2, 0) is 26.2 Å². The lowest BCUT2D eigenvalue weighted by Crippen LogP contribution is -2.54. The second-order valence-electron chi connectivity index (χ2n) is 8.81. The van der Waals surface area contributed by atoms with Gasteiger partial charge in [-0.15, -0.1) is 0 Å². The summed E-state index contributed by atoms with van der Waals surface area (Å²) in [5.41, 5.74) is 0.552. The van der Waals surface area contributed by atoms with Crippen LogP contribution in [0.4, 0.5) is 5.69 Å². The monoisotopic (exact) mass is 513 g/mol. The van der Waals surface area contributed by atoms with Gasteiger partial charge in [0.1, 0.15) is 12.6 Å². The van der Waals surface area contributed by atoms with Gasteiger partial charge in [0.25, 0.3) is 0 Å². The van der Waals surface area contributed by atoms with Gasteiger partial charge in [-0.05, 0) is 69.7 Å². The maximum atomic E-state index is 13.4. The number of amides is 2. The average Bonchev–Trinajstić information content (AvgIpc) is 2.69. The fraction of sp³-hybridized carbons (Fsp3) is 0.391. The molecule has 0 aliphatic carbocycles. The molecule has 2 amide bonds. The van der Waals surface area contributed by atoms with Crippen LogP contribution in [0, 0.1) is 0 Å². The normalized spacial score (nSPS) is 12.7. The molecule has 7 nitrogen and oxygen atoms in total. The van der Waals surface area contributed by atoms with Crippen LogP contribution in [0.5, 0.6) is 0 Å². The fourth-order valence-electron chi connectivity index (χ4n) is 3.06. The zero-order valence-corrected chi connectivity index (χ0v) is 21.6. The molecule has 2 aromatic carbocycles. The molecule has 2 rings (SSSR count). The number of carbonyl (C=O) groups excluding carboxylic acids is 2. The number of rotatable bonds is 8. The molecule has 0 aliphatic rings. The number of anilines is 1. The molecule has 0 spiro atoms. The minimum Gasteiger partial charge on any atom is -0.350 e. The highest BCUT2D eigenvalue weighted by Crippen LogP contribution is 2.22. The molecule has 0 aliphatic heterocycles. The lowest BCUT2D eigenvalue weighted by Gasteiger charge is -2.33. The Bertz CT molecular complexity index is 1080. The molecule has 0 bridgehead atoms. The van der Waals surface area contributed by atoms with Gasteiger partial charge in [0.2, 0.25) is 21.8 Å². The van der Waals surface area contributed by atoms with Crippen molar-refractivity contribution in [1.29, 1.82) is 0 Å². The zero-order chi connectivity index (χ0) is 25.0. The van der Waals surface area contributed by atoms with Crippen molar-refractivity contribution in [3.05, 3.63) is 64.1 Å². The molecule has 1 N–H and O–H groups in total. The number of benzene rings is 2. The average molecular weight is 514 g/mol. The molecule has 0 fully saturated rings. The van der Waals surface area contributed by atoms with Crippen molar-refractivity contribution >= 4 is 50.7 Å². The van der Waals surface area contributed by atoms with Gasteiger partial charge in [-0.2, -0.15) is 0 Å². The van der Waals surface area contributed by atoms with Crippen molar-refractivity contribution in [2.45, 2.75) is 45.8 Å². The molecule has 0 saturated heterocycles. The first-order chi connectivity index (χ1) is 15.2. The first-order valence-electron chi connectivity index (χ1n) is 10.3. The minimum absolute atomic E-state index is 0.104. The first kappa shape index (κ1) is 27.0. The van der Waals surface area contributed by atoms with Crippen molar-refractivity contribution in [3.63, 3.8) is 0 Å². The maximum Gasteiger partial charge on any atom is 0.244 e. The smallest absolute Gasteiger partial charge is 0.244 e. The number of sulfonamides is 1. The molecule has 0 aromatic heterocycles. The lowest BCUT2D eigenvalue weighted by molar-refractivity contribution is -0.140. The van der Waals surface area contributed by atoms with E-state index in [-0.39, 0.29) is 12.5 Å². The Balaban J connectivity index is 2.38. The Kier molecular flexibility index (Phi) is 8.79. The van der Waals surface area contributed by atoms with Crippen molar-refractivity contribution in [3.8, 4) is 0 Å². The van der Waals surface area contributed by atoms with E-state index in [1.54, 1.807) is 43.3 Å². The second-order valence-corrected chi connectivity index (χ2v) is 11.6. The van der Waals surface area contributed by atoms with Crippen LogP contribution in [0.25, 0.3) is 0 Å². The molecule has 0 saturated carbocycles. The van der Waals surface area contributed by atoms with Crippen LogP contribution in [0.2, 0.25) is 10.0 Å². The molecule has 10 heteroatoms. The van der Waals surface area contributed by atoms with Crippen LogP contribution < -0.4 is 9.62 Å². The van der Waals surface area contributed by atoms with E-state index in [1.165, 1.54) is 17.0 Å². The number of nitrogens with zero attached hydrogens (tertiary/aromatic N) is 2. The summed E-state index contributed by atoms with van der Waals surface area (Å²) in [7, 11) is -3.79. The number of halogens is 2. The second kappa shape index (κ2) is 10.8. The summed E-state index contributed by atoms with van der Waals surface area (Å²) in [6.07, 6.45) is 1.02. The number of hydrogen-bond acceptors (Lipinski definition) is 4. The summed E-state index contributed by atoms with van der Waals surface area (Å²) >= 11 is 11.9. The predicted molar refractivity (Wildman–Crippen MR) is 133 cm³/mol. The highest BCUT2D eigenvalue weighted by atomic mass is 35.5. The molecule has 0 heterocycles. The van der Waals surface area contributed by atoms with Gasteiger partial charge >= 0.3 is 0 Å². The Labute approximate surface area is 205 Å². The maximum absolute atomic E-state index is 13.4. The molecule has 180 valence electrons. The third kappa shape index (κ3) is 8.21. The summed E-state index contributed by atoms with van der Waals surface area (Å²) in [5.74, 6) is -0.871. The SMILES string of the molecule is C[C@H](C(=O)NC(C)(C)C)N(Cc1ccc(Cl)cc1)C(=O)CN(c1ccc(Cl)cc1)S(C)(=O)=O. The third-order valence-electron chi connectivity index (χ3n) is 4.73. The van der Waals surface area contributed by atoms with Crippen LogP contribution >= 0.6 is 23.2 Å². The van der Waals surface area contributed by atoms with E-state index in [9.17, 15) is 18.0 Å². The van der Waals surface area contributed by atoms with E-state index in [0.29, 0.717) is 15.7 Å². The molecule has 33 heavy (non-hydrogen) atoms. The largest absolute Gasteiger partial charge is 0.350 e. The van der Waals surface area contributed by atoms with Crippen molar-refractivity contribution in [1.82, 2.24) is 10.2 Å². The molecule has 0 radical (unpaired) electrons. The van der Waals surface area contributed by atoms with Crippen LogP contribution in [0.3, 0.4) is 0 Å². The van der Waals surface area contributed by atoms with E-state index in [0.717, 1.165) is 16.1 Å². The highest BCUT2D eigenvalue weighted by molar-refractivity contribution is 7.92. The fourth-order valence-corrected chi connectivity index (χ4v) is 4.17. The van der Waals surface area contributed by atoms with Crippen LogP contribution in [0.15, 0.2) is 48.5 Å². The number of nitrogens with one attached hydrogen (secondary N) is 1. The van der Waals surface area contributed by atoms with Gasteiger partial charge < -0.3 is 10.2 Å². The third-order valence-corrected chi connectivity index (χ3v) is 6.37. The van der Waals surface area contributed by atoms with Crippen molar-refractivity contribution < 1.29 is 18.0 Å². The Morgan fingerprint density at radius 1 is 0.970 bits per heavy atom. The first-order valence-corrected chi connectivity index (χ1v) is 12.9. The topological polar surface area (TPSA) is 86.8 Å². The Morgan fingerprint density at radius 3 is 1.91 bits per heavy atom. The van der Waals surface area contributed by atoms with Gasteiger partial charge in [-0.25, -0.2) is 8.42 Å². The van der Waals surface area contributed by atoms with Crippen molar-refractivity contribution in [2.24, 2.45) is 0 Å². The van der Waals surface area contributed by atoms with Crippen LogP contribution in [0.1, 0.15) is 33.3 Å². The summed E-state index contributed by atoms with van der Waals surface area (Å²) < 4.78 is 26.0. The summed E-state index contributed by atoms with van der Waals surface area (Å²) in [6.45, 7) is 6.77. The van der Waals surface area contributed by atoms with Gasteiger partial charge in [-0.3, -0.25) is 13.9 Å². The molecule has 2 aromatic rings. The number of hydrogen-bond donors (Lipinski definition) is 1. The van der Waals surface area contributed by atoms with Gasteiger partial charge in [0.15, 0.2) is 0 Å². The predicted octanol–water partition coefficient (Wildman–Crippen LogP) is 4.09. The quantitative estimate of drug-likeness (QED) is 0.575. The highest BCUT2D eigenvalue weighted by Gasteiger charge is 2.31. The van der Waals surface area contributed by atoms with E-state index >= 15 is 0 Å². The van der Waals surface area contributed by atoms with Crippen molar-refractivity contribution in [2.75, 3.05) is 17.1 Å². The van der Waals surface area contributed by atoms with Gasteiger partial charge in [-0.1, -0.05) is 35.3 Å². The summed E-state index contributed by atoms with van der Waals surface area (Å²) in [5, 5.41) is 3.85. The van der Waals surface area contributed by atoms with E-state index in [2.05, 4.69) is 5.32 Å². The number of carbonyl (C=O) groups is 2. The van der Waals surface area contributed by atoms with E-state index < -0.39 is 34.1 Å². The summed E-state index contributed by atoms with van der Waals surface area (Å²) in [6, 6.07) is 12.2. The zero-order valence-electron chi connectivity index (χ0n) is 19.3. The lowest BCUT2D eigenvalue weighted by atomic mass is 10.1. The Hall–Kier alpha value is -2.29. The molecular weight excluding hydrogens is 485 g/mol. The summed E-state index contributed by atoms with van der Waals surface area (Å²) in [4.78, 5) is 27.6. The molecular formula is C23H29Cl2N3O4S. The standard InChI is InChI=1S/C23H29Cl2N3O4S/c1-16(22(30)26-23(2,3)4)27(14-17-6-8-18(24)9-7-17)21(29)15-28(33(5,31)32)20-12-10-19(25)11-13-20/h6-13,16H,14-15H2,1-5H3,(H,26,30)/t16-/m1/s1. The minimum atomic E-state index is -3.79. The molecule has 1 atom stereocenters. The van der Waals surface area contributed by atoms with Gasteiger partial charge in [0.05, 0.1) is 11.9 Å². The van der Waals surface area contributed by atoms with Crippen LogP contribution in [-0.4, -0.2) is 49.5 Å². The van der Waals surface area contributed by atoms with E-state index in [1.807, 2.05) is 20.8 Å². The van der Waals surface area contributed by atoms with Gasteiger partial charge in [0, 0.05) is 22.1 Å².